The highest BCUT2D eigenvalue weighted by atomic mass is 19.4. The number of benzene rings is 2. The number of carbonyl (C=O) groups is 1. The number of hydrogen-bond acceptors (Lipinski definition) is 3. The summed E-state index contributed by atoms with van der Waals surface area (Å²) in [5.74, 6) is 0. The van der Waals surface area contributed by atoms with Crippen LogP contribution in [-0.2, 0) is 29.3 Å². The van der Waals surface area contributed by atoms with Crippen molar-refractivity contribution < 1.29 is 41.0 Å². The number of amides is 1. The fourth-order valence-corrected chi connectivity index (χ4v) is 4.98. The summed E-state index contributed by atoms with van der Waals surface area (Å²) >= 11 is 0. The molecule has 2 aromatic carbocycles. The van der Waals surface area contributed by atoms with Gasteiger partial charge in [-0.1, -0.05) is 30.3 Å². The van der Waals surface area contributed by atoms with Gasteiger partial charge in [0.2, 0.25) is 0 Å². The molecule has 0 aliphatic carbocycles. The van der Waals surface area contributed by atoms with E-state index in [2.05, 4.69) is 0 Å². The SMILES string of the molecule is O=C(OCc1ccccc1)N1C2CCCC1CC(O)(c1cc(C(F)(F)F)cc(C(F)(F)F)c1)C2. The highest BCUT2D eigenvalue weighted by Gasteiger charge is 2.50. The van der Waals surface area contributed by atoms with Crippen molar-refractivity contribution in [2.45, 2.75) is 68.7 Å². The van der Waals surface area contributed by atoms with Crippen LogP contribution in [0.25, 0.3) is 0 Å². The quantitative estimate of drug-likeness (QED) is 0.520. The van der Waals surface area contributed by atoms with E-state index in [1.54, 1.807) is 24.3 Å². The third-order valence-electron chi connectivity index (χ3n) is 6.55. The molecule has 2 aromatic rings. The van der Waals surface area contributed by atoms with Crippen LogP contribution < -0.4 is 0 Å². The second-order valence-electron chi connectivity index (χ2n) is 8.92. The Bertz CT molecular complexity index is 991. The molecule has 2 fully saturated rings. The van der Waals surface area contributed by atoms with E-state index >= 15 is 0 Å². The van der Waals surface area contributed by atoms with Crippen LogP contribution in [0.4, 0.5) is 31.1 Å². The molecule has 2 unspecified atom stereocenters. The summed E-state index contributed by atoms with van der Waals surface area (Å²) in [5, 5.41) is 11.3. The topological polar surface area (TPSA) is 49.8 Å². The van der Waals surface area contributed by atoms with E-state index in [1.165, 1.54) is 4.90 Å². The molecule has 184 valence electrons. The number of hydrogen-bond donors (Lipinski definition) is 1. The van der Waals surface area contributed by atoms with Crippen molar-refractivity contribution in [3.63, 3.8) is 0 Å². The van der Waals surface area contributed by atoms with Crippen molar-refractivity contribution in [2.75, 3.05) is 0 Å². The predicted molar refractivity (Wildman–Crippen MR) is 109 cm³/mol. The number of fused-ring (bicyclic) bond motifs is 2. The van der Waals surface area contributed by atoms with Gasteiger partial charge in [-0.3, -0.25) is 0 Å². The minimum absolute atomic E-state index is 0.0302. The summed E-state index contributed by atoms with van der Waals surface area (Å²) in [4.78, 5) is 14.3. The number of rotatable bonds is 3. The minimum Gasteiger partial charge on any atom is -0.445 e. The molecule has 2 aliphatic rings. The van der Waals surface area contributed by atoms with Crippen molar-refractivity contribution in [2.24, 2.45) is 0 Å². The van der Waals surface area contributed by atoms with E-state index in [1.807, 2.05) is 6.07 Å². The Morgan fingerprint density at radius 2 is 1.47 bits per heavy atom. The molecule has 2 atom stereocenters. The van der Waals surface area contributed by atoms with Gasteiger partial charge in [-0.25, -0.2) is 4.79 Å². The molecular formula is C24H23F6NO3. The molecule has 2 heterocycles. The molecule has 0 radical (unpaired) electrons. The maximum atomic E-state index is 13.3. The Kier molecular flexibility index (Phi) is 6.30. The molecule has 2 aliphatic heterocycles. The third kappa shape index (κ3) is 5.01. The molecule has 4 nitrogen and oxygen atoms in total. The number of ether oxygens (including phenoxy) is 1. The fraction of sp³-hybridized carbons (Fsp3) is 0.458. The molecule has 0 saturated carbocycles. The Morgan fingerprint density at radius 1 is 0.941 bits per heavy atom. The van der Waals surface area contributed by atoms with E-state index in [4.69, 9.17) is 4.74 Å². The molecule has 1 amide bonds. The molecule has 2 saturated heterocycles. The zero-order chi connectivity index (χ0) is 24.7. The van der Waals surface area contributed by atoms with E-state index in [-0.39, 0.29) is 25.5 Å². The molecule has 0 aromatic heterocycles. The van der Waals surface area contributed by atoms with E-state index in [0.717, 1.165) is 12.0 Å². The van der Waals surface area contributed by atoms with Crippen molar-refractivity contribution in [1.29, 1.82) is 0 Å². The average molecular weight is 487 g/mol. The first-order valence-electron chi connectivity index (χ1n) is 10.9. The van der Waals surface area contributed by atoms with Gasteiger partial charge in [0.25, 0.3) is 0 Å². The number of alkyl halides is 6. The second kappa shape index (κ2) is 8.79. The van der Waals surface area contributed by atoms with Gasteiger partial charge in [0.05, 0.1) is 16.7 Å². The summed E-state index contributed by atoms with van der Waals surface area (Å²) in [7, 11) is 0. The van der Waals surface area contributed by atoms with Crippen LogP contribution in [0.3, 0.4) is 0 Å². The molecule has 2 bridgehead atoms. The summed E-state index contributed by atoms with van der Waals surface area (Å²) in [6.45, 7) is 0.0302. The highest BCUT2D eigenvalue weighted by Crippen LogP contribution is 2.47. The van der Waals surface area contributed by atoms with Crippen molar-refractivity contribution in [1.82, 2.24) is 4.90 Å². The van der Waals surface area contributed by atoms with Crippen molar-refractivity contribution in [3.8, 4) is 0 Å². The first-order chi connectivity index (χ1) is 15.9. The zero-order valence-electron chi connectivity index (χ0n) is 18.0. The van der Waals surface area contributed by atoms with Gasteiger partial charge >= 0.3 is 18.4 Å². The molecule has 34 heavy (non-hydrogen) atoms. The lowest BCUT2D eigenvalue weighted by atomic mass is 9.72. The van der Waals surface area contributed by atoms with Gasteiger partial charge < -0.3 is 14.7 Å². The van der Waals surface area contributed by atoms with Crippen molar-refractivity contribution in [3.05, 3.63) is 70.8 Å². The van der Waals surface area contributed by atoms with Gasteiger partial charge in [-0.2, -0.15) is 26.3 Å². The van der Waals surface area contributed by atoms with Gasteiger partial charge in [0.15, 0.2) is 0 Å². The Labute approximate surface area is 192 Å². The Balaban J connectivity index is 1.60. The summed E-state index contributed by atoms with van der Waals surface area (Å²) < 4.78 is 85.4. The number of aliphatic hydroxyl groups is 1. The summed E-state index contributed by atoms with van der Waals surface area (Å²) in [6, 6.07) is 9.05. The molecule has 10 heteroatoms. The van der Waals surface area contributed by atoms with E-state index in [0.29, 0.717) is 25.0 Å². The van der Waals surface area contributed by atoms with Gasteiger partial charge in [-0.05, 0) is 48.6 Å². The molecule has 4 rings (SSSR count). The van der Waals surface area contributed by atoms with Gasteiger partial charge in [0.1, 0.15) is 6.61 Å². The van der Waals surface area contributed by atoms with Crippen LogP contribution in [-0.4, -0.2) is 28.2 Å². The average Bonchev–Trinajstić information content (AvgIpc) is 2.76. The molecular weight excluding hydrogens is 464 g/mol. The normalized spacial score (nSPS) is 25.2. The second-order valence-corrected chi connectivity index (χ2v) is 8.92. The number of carbonyl (C=O) groups excluding carboxylic acids is 1. The van der Waals surface area contributed by atoms with Crippen LogP contribution in [0, 0.1) is 0 Å². The highest BCUT2D eigenvalue weighted by molar-refractivity contribution is 5.69. The standard InChI is InChI=1S/C24H23F6NO3/c25-23(26,27)17-9-16(10-18(11-17)24(28,29)30)22(33)12-19-7-4-8-20(13-22)31(19)21(32)34-14-15-5-2-1-3-6-15/h1-3,5-6,9-11,19-20,33H,4,7-8,12-14H2. The molecule has 0 spiro atoms. The maximum absolute atomic E-state index is 13.3. The van der Waals surface area contributed by atoms with Crippen LogP contribution in [0.2, 0.25) is 0 Å². The predicted octanol–water partition coefficient (Wildman–Crippen LogP) is 6.27. The lowest BCUT2D eigenvalue weighted by Crippen LogP contribution is -2.59. The van der Waals surface area contributed by atoms with E-state index < -0.39 is 52.8 Å². The number of piperidine rings is 2. The summed E-state index contributed by atoms with van der Waals surface area (Å²) in [5.41, 5.74) is -4.55. The first kappa shape index (κ1) is 24.4. The smallest absolute Gasteiger partial charge is 0.416 e. The lowest BCUT2D eigenvalue weighted by Gasteiger charge is -2.51. The maximum Gasteiger partial charge on any atom is 0.416 e. The lowest BCUT2D eigenvalue weighted by molar-refractivity contribution is -0.143. The number of halogens is 6. The van der Waals surface area contributed by atoms with Crippen LogP contribution in [0.5, 0.6) is 0 Å². The number of nitrogens with zero attached hydrogens (tertiary/aromatic N) is 1. The Hall–Kier alpha value is -2.75. The largest absolute Gasteiger partial charge is 0.445 e. The fourth-order valence-electron chi connectivity index (χ4n) is 4.98. The van der Waals surface area contributed by atoms with Crippen LogP contribution in [0.15, 0.2) is 48.5 Å². The molecule has 1 N–H and O–H groups in total. The minimum atomic E-state index is -5.01. The summed E-state index contributed by atoms with van der Waals surface area (Å²) in [6.07, 6.45) is -9.33. The van der Waals surface area contributed by atoms with Gasteiger partial charge in [-0.15, -0.1) is 0 Å². The van der Waals surface area contributed by atoms with Crippen LogP contribution >= 0.6 is 0 Å². The first-order valence-corrected chi connectivity index (χ1v) is 10.9. The van der Waals surface area contributed by atoms with Gasteiger partial charge in [0, 0.05) is 24.9 Å². The van der Waals surface area contributed by atoms with Crippen LogP contribution in [0.1, 0.15) is 54.4 Å². The zero-order valence-corrected chi connectivity index (χ0v) is 18.0. The Morgan fingerprint density at radius 3 is 1.97 bits per heavy atom. The van der Waals surface area contributed by atoms with E-state index in [9.17, 15) is 36.2 Å². The van der Waals surface area contributed by atoms with Crippen molar-refractivity contribution >= 4 is 6.09 Å². The monoisotopic (exact) mass is 487 g/mol. The third-order valence-corrected chi connectivity index (χ3v) is 6.55.